The summed E-state index contributed by atoms with van der Waals surface area (Å²) in [7, 11) is 1.34. The fourth-order valence-corrected chi connectivity index (χ4v) is 2.09. The van der Waals surface area contributed by atoms with Crippen molar-refractivity contribution in [2.75, 3.05) is 19.0 Å². The molecule has 1 aromatic carbocycles. The first kappa shape index (κ1) is 21.4. The van der Waals surface area contributed by atoms with Crippen molar-refractivity contribution in [1.29, 1.82) is 5.26 Å². The van der Waals surface area contributed by atoms with Gasteiger partial charge in [-0.05, 0) is 18.9 Å². The zero-order chi connectivity index (χ0) is 20.2. The lowest BCUT2D eigenvalue weighted by Gasteiger charge is -2.08. The van der Waals surface area contributed by atoms with Gasteiger partial charge in [-0.1, -0.05) is 6.42 Å². The van der Waals surface area contributed by atoms with Crippen molar-refractivity contribution in [2.45, 2.75) is 25.7 Å². The number of carbonyl (C=O) groups is 2. The molecule has 27 heavy (non-hydrogen) atoms. The maximum absolute atomic E-state index is 12.0. The predicted octanol–water partition coefficient (Wildman–Crippen LogP) is 2.18. The van der Waals surface area contributed by atoms with Gasteiger partial charge in [0.05, 0.1) is 23.8 Å². The van der Waals surface area contributed by atoms with Crippen LogP contribution in [0.5, 0.6) is 5.75 Å². The Bertz CT molecular complexity index is 769. The lowest BCUT2D eigenvalue weighted by molar-refractivity contribution is -0.384. The van der Waals surface area contributed by atoms with Crippen molar-refractivity contribution in [3.63, 3.8) is 0 Å². The number of aliphatic carboxylic acids is 1. The Balaban J connectivity index is 2.62. The number of nitrogens with zero attached hydrogens (tertiary/aromatic N) is 2. The predicted molar refractivity (Wildman–Crippen MR) is 96.1 cm³/mol. The average Bonchev–Trinajstić information content (AvgIpc) is 2.64. The zero-order valence-electron chi connectivity index (χ0n) is 14.7. The third-order valence-corrected chi connectivity index (χ3v) is 3.49. The number of non-ortho nitro benzene ring substituents is 1. The van der Waals surface area contributed by atoms with E-state index in [1.54, 1.807) is 6.07 Å². The first-order chi connectivity index (χ1) is 12.9. The SMILES string of the molecule is COc1cc([N+](=O)[O-])ccc1N/C=C(/C#N)C(=O)NCCCCCC(=O)O. The van der Waals surface area contributed by atoms with Gasteiger partial charge in [0.15, 0.2) is 0 Å². The van der Waals surface area contributed by atoms with E-state index in [0.717, 1.165) is 0 Å². The van der Waals surface area contributed by atoms with Gasteiger partial charge in [-0.25, -0.2) is 0 Å². The van der Waals surface area contributed by atoms with E-state index in [1.165, 1.54) is 31.5 Å². The van der Waals surface area contributed by atoms with Crippen LogP contribution in [0.2, 0.25) is 0 Å². The summed E-state index contributed by atoms with van der Waals surface area (Å²) in [6.07, 6.45) is 3.03. The summed E-state index contributed by atoms with van der Waals surface area (Å²) in [5.74, 6) is -1.25. The van der Waals surface area contributed by atoms with Crippen LogP contribution in [-0.2, 0) is 9.59 Å². The summed E-state index contributed by atoms with van der Waals surface area (Å²) in [4.78, 5) is 32.6. The van der Waals surface area contributed by atoms with Gasteiger partial charge >= 0.3 is 5.97 Å². The van der Waals surface area contributed by atoms with Crippen LogP contribution < -0.4 is 15.4 Å². The first-order valence-corrected chi connectivity index (χ1v) is 8.08. The molecule has 0 heterocycles. The molecule has 10 heteroatoms. The fourth-order valence-electron chi connectivity index (χ4n) is 2.09. The van der Waals surface area contributed by atoms with Crippen LogP contribution in [0.15, 0.2) is 30.0 Å². The number of nitro benzene ring substituents is 1. The standard InChI is InChI=1S/C17H20N4O6/c1-27-15-9-13(21(25)26)6-7-14(15)20-11-12(10-18)17(24)19-8-4-2-3-5-16(22)23/h6-7,9,11,20H,2-5,8H2,1H3,(H,19,24)(H,22,23)/b12-11-. The van der Waals surface area contributed by atoms with Gasteiger partial charge in [-0.3, -0.25) is 19.7 Å². The number of anilines is 1. The molecule has 0 bridgehead atoms. The Labute approximate surface area is 155 Å². The van der Waals surface area contributed by atoms with Crippen molar-refractivity contribution in [3.8, 4) is 11.8 Å². The van der Waals surface area contributed by atoms with E-state index in [1.807, 2.05) is 0 Å². The molecule has 3 N–H and O–H groups in total. The summed E-state index contributed by atoms with van der Waals surface area (Å²) in [5, 5.41) is 33.7. The minimum Gasteiger partial charge on any atom is -0.494 e. The van der Waals surface area contributed by atoms with Gasteiger partial charge in [0.1, 0.15) is 17.4 Å². The van der Waals surface area contributed by atoms with Crippen molar-refractivity contribution in [1.82, 2.24) is 5.32 Å². The minimum absolute atomic E-state index is 0.0816. The van der Waals surface area contributed by atoms with Crippen molar-refractivity contribution in [3.05, 3.63) is 40.1 Å². The molecule has 0 spiro atoms. The molecular weight excluding hydrogens is 356 g/mol. The molecular formula is C17H20N4O6. The van der Waals surface area contributed by atoms with Crippen LogP contribution in [0.25, 0.3) is 0 Å². The van der Waals surface area contributed by atoms with Crippen molar-refractivity contribution in [2.24, 2.45) is 0 Å². The number of rotatable bonds is 11. The number of carboxylic acids is 1. The van der Waals surface area contributed by atoms with Crippen LogP contribution >= 0.6 is 0 Å². The number of amides is 1. The highest BCUT2D eigenvalue weighted by Gasteiger charge is 2.12. The van der Waals surface area contributed by atoms with Gasteiger partial charge in [0.25, 0.3) is 11.6 Å². The highest BCUT2D eigenvalue weighted by atomic mass is 16.6. The monoisotopic (exact) mass is 376 g/mol. The number of carboxylic acid groups (broad SMARTS) is 1. The van der Waals surface area contributed by atoms with Gasteiger partial charge in [-0.15, -0.1) is 0 Å². The summed E-state index contributed by atoms with van der Waals surface area (Å²) in [6, 6.07) is 5.66. The van der Waals surface area contributed by atoms with E-state index in [9.17, 15) is 19.7 Å². The Morgan fingerprint density at radius 1 is 1.37 bits per heavy atom. The normalized spacial score (nSPS) is 10.6. The lowest BCUT2D eigenvalue weighted by Crippen LogP contribution is -2.26. The number of carbonyl (C=O) groups excluding carboxylic acids is 1. The number of hydrogen-bond acceptors (Lipinski definition) is 7. The smallest absolute Gasteiger partial charge is 0.303 e. The van der Waals surface area contributed by atoms with Crippen LogP contribution in [0.4, 0.5) is 11.4 Å². The molecule has 0 aliphatic rings. The molecule has 0 fully saturated rings. The van der Waals surface area contributed by atoms with E-state index in [2.05, 4.69) is 10.6 Å². The summed E-state index contributed by atoms with van der Waals surface area (Å²) < 4.78 is 5.06. The molecule has 0 unspecified atom stereocenters. The lowest BCUT2D eigenvalue weighted by atomic mass is 10.2. The Kier molecular flexibility index (Phi) is 8.80. The first-order valence-electron chi connectivity index (χ1n) is 8.08. The molecule has 1 aromatic rings. The number of methoxy groups -OCH3 is 1. The highest BCUT2D eigenvalue weighted by molar-refractivity contribution is 5.97. The van der Waals surface area contributed by atoms with Crippen LogP contribution in [0, 0.1) is 21.4 Å². The van der Waals surface area contributed by atoms with E-state index >= 15 is 0 Å². The quantitative estimate of drug-likeness (QED) is 0.174. The molecule has 0 atom stereocenters. The van der Waals surface area contributed by atoms with Gasteiger partial charge < -0.3 is 20.5 Å². The third-order valence-electron chi connectivity index (χ3n) is 3.49. The van der Waals surface area contributed by atoms with Crippen LogP contribution in [-0.4, -0.2) is 35.6 Å². The molecule has 0 aromatic heterocycles. The third kappa shape index (κ3) is 7.43. The van der Waals surface area contributed by atoms with Crippen molar-refractivity contribution >= 4 is 23.3 Å². The number of hydrogen-bond donors (Lipinski definition) is 3. The Morgan fingerprint density at radius 2 is 2.11 bits per heavy atom. The number of ether oxygens (including phenoxy) is 1. The van der Waals surface area contributed by atoms with Gasteiger partial charge in [-0.2, -0.15) is 5.26 Å². The number of unbranched alkanes of at least 4 members (excludes halogenated alkanes) is 2. The van der Waals surface area contributed by atoms with E-state index in [0.29, 0.717) is 31.5 Å². The second-order valence-electron chi connectivity index (χ2n) is 5.42. The molecule has 0 aliphatic carbocycles. The number of nitro groups is 1. The maximum atomic E-state index is 12.0. The molecule has 0 saturated carbocycles. The maximum Gasteiger partial charge on any atom is 0.303 e. The summed E-state index contributed by atoms with van der Waals surface area (Å²) >= 11 is 0. The molecule has 1 amide bonds. The number of nitriles is 1. The second kappa shape index (κ2) is 11.1. The molecule has 1 rings (SSSR count). The second-order valence-corrected chi connectivity index (χ2v) is 5.42. The minimum atomic E-state index is -0.860. The number of nitrogens with one attached hydrogen (secondary N) is 2. The Morgan fingerprint density at radius 3 is 2.70 bits per heavy atom. The fraction of sp³-hybridized carbons (Fsp3) is 0.353. The summed E-state index contributed by atoms with van der Waals surface area (Å²) in [6.45, 7) is 0.318. The average molecular weight is 376 g/mol. The molecule has 0 saturated heterocycles. The van der Waals surface area contributed by atoms with Crippen LogP contribution in [0.1, 0.15) is 25.7 Å². The largest absolute Gasteiger partial charge is 0.494 e. The molecule has 10 nitrogen and oxygen atoms in total. The number of benzene rings is 1. The summed E-state index contributed by atoms with van der Waals surface area (Å²) in [5.41, 5.74) is 0.0285. The zero-order valence-corrected chi connectivity index (χ0v) is 14.7. The molecule has 144 valence electrons. The highest BCUT2D eigenvalue weighted by Crippen LogP contribution is 2.29. The van der Waals surface area contributed by atoms with E-state index in [4.69, 9.17) is 15.1 Å². The Hall–Kier alpha value is -3.61. The van der Waals surface area contributed by atoms with Crippen LogP contribution in [0.3, 0.4) is 0 Å². The van der Waals surface area contributed by atoms with E-state index in [-0.39, 0.29) is 23.4 Å². The van der Waals surface area contributed by atoms with E-state index < -0.39 is 16.8 Å². The van der Waals surface area contributed by atoms with Gasteiger partial charge in [0.2, 0.25) is 0 Å². The van der Waals surface area contributed by atoms with Gasteiger partial charge in [0, 0.05) is 25.2 Å². The molecule has 0 aliphatic heterocycles. The van der Waals surface area contributed by atoms with Crippen molar-refractivity contribution < 1.29 is 24.4 Å². The molecule has 0 radical (unpaired) electrons. The topological polar surface area (TPSA) is 155 Å².